The van der Waals surface area contributed by atoms with E-state index in [1.54, 1.807) is 16.7 Å². The van der Waals surface area contributed by atoms with Crippen LogP contribution in [-0.2, 0) is 11.2 Å². The maximum atomic E-state index is 11.9. The largest absolute Gasteiger partial charge is 0.391 e. The lowest BCUT2D eigenvalue weighted by Gasteiger charge is -2.30. The van der Waals surface area contributed by atoms with Crippen molar-refractivity contribution in [3.05, 3.63) is 35.9 Å². The molecule has 1 saturated heterocycles. The molecule has 1 N–H and O–H groups in total. The molecule has 0 aromatic heterocycles. The lowest BCUT2D eigenvalue weighted by Crippen LogP contribution is -2.43. The minimum Gasteiger partial charge on any atom is -0.391 e. The molecule has 0 aliphatic carbocycles. The second kappa shape index (κ2) is 7.56. The van der Waals surface area contributed by atoms with Crippen LogP contribution in [0.15, 0.2) is 30.3 Å². The van der Waals surface area contributed by atoms with Crippen LogP contribution in [-0.4, -0.2) is 46.6 Å². The Kier molecular flexibility index (Phi) is 5.73. The predicted molar refractivity (Wildman–Crippen MR) is 79.3 cm³/mol. The second-order valence-electron chi connectivity index (χ2n) is 4.92. The molecule has 0 radical (unpaired) electrons. The first-order valence-corrected chi connectivity index (χ1v) is 7.98. The summed E-state index contributed by atoms with van der Waals surface area (Å²) >= 11 is 1.68. The van der Waals surface area contributed by atoms with Crippen LogP contribution in [0, 0.1) is 0 Å². The quantitative estimate of drug-likeness (QED) is 0.838. The van der Waals surface area contributed by atoms with Crippen molar-refractivity contribution in [3.63, 3.8) is 0 Å². The lowest BCUT2D eigenvalue weighted by molar-refractivity contribution is -0.131. The molecule has 1 atom stereocenters. The van der Waals surface area contributed by atoms with Gasteiger partial charge in [0.2, 0.25) is 5.91 Å². The summed E-state index contributed by atoms with van der Waals surface area (Å²) < 4.78 is 0. The molecule has 2 rings (SSSR count). The number of rotatable bonds is 5. The van der Waals surface area contributed by atoms with E-state index >= 15 is 0 Å². The Hall–Kier alpha value is -1.00. The van der Waals surface area contributed by atoms with Crippen LogP contribution in [0.1, 0.15) is 18.4 Å². The van der Waals surface area contributed by atoms with Gasteiger partial charge in [-0.3, -0.25) is 4.79 Å². The zero-order chi connectivity index (χ0) is 13.5. The molecule has 1 aromatic rings. The highest BCUT2D eigenvalue weighted by atomic mass is 32.2. The standard InChI is InChI=1S/C15H21NO2S/c17-14-7-4-9-16(11-14)15(18)12-19-10-8-13-5-2-1-3-6-13/h1-3,5-6,14,17H,4,7-12H2/t14-/m0/s1. The van der Waals surface area contributed by atoms with Crippen molar-refractivity contribution in [2.75, 3.05) is 24.6 Å². The van der Waals surface area contributed by atoms with E-state index in [4.69, 9.17) is 0 Å². The summed E-state index contributed by atoms with van der Waals surface area (Å²) in [4.78, 5) is 13.7. The number of aryl methyl sites for hydroxylation is 1. The van der Waals surface area contributed by atoms with Crippen LogP contribution in [0.5, 0.6) is 0 Å². The number of carbonyl (C=O) groups is 1. The van der Waals surface area contributed by atoms with Gasteiger partial charge in [0, 0.05) is 13.1 Å². The summed E-state index contributed by atoms with van der Waals surface area (Å²) in [5, 5.41) is 9.55. The van der Waals surface area contributed by atoms with E-state index in [0.717, 1.165) is 31.6 Å². The number of hydrogen-bond donors (Lipinski definition) is 1. The van der Waals surface area contributed by atoms with Crippen molar-refractivity contribution in [1.29, 1.82) is 0 Å². The third-order valence-corrected chi connectivity index (χ3v) is 4.30. The summed E-state index contributed by atoms with van der Waals surface area (Å²) in [6.07, 6.45) is 2.42. The lowest BCUT2D eigenvalue weighted by atomic mass is 10.1. The number of likely N-dealkylation sites (tertiary alicyclic amines) is 1. The normalized spacial score (nSPS) is 19.4. The van der Waals surface area contributed by atoms with E-state index in [-0.39, 0.29) is 12.0 Å². The summed E-state index contributed by atoms with van der Waals surface area (Å²) in [5.74, 6) is 1.66. The summed E-state index contributed by atoms with van der Waals surface area (Å²) in [5.41, 5.74) is 1.32. The zero-order valence-corrected chi connectivity index (χ0v) is 11.9. The van der Waals surface area contributed by atoms with E-state index in [0.29, 0.717) is 12.3 Å². The first-order chi connectivity index (χ1) is 9.25. The first kappa shape index (κ1) is 14.4. The fourth-order valence-corrected chi connectivity index (χ4v) is 3.15. The number of piperidine rings is 1. The van der Waals surface area contributed by atoms with Crippen LogP contribution in [0.3, 0.4) is 0 Å². The maximum Gasteiger partial charge on any atom is 0.232 e. The molecule has 0 saturated carbocycles. The Morgan fingerprint density at radius 1 is 1.37 bits per heavy atom. The monoisotopic (exact) mass is 279 g/mol. The Labute approximate surface area is 119 Å². The van der Waals surface area contributed by atoms with Crippen LogP contribution in [0.2, 0.25) is 0 Å². The molecule has 3 nitrogen and oxygen atoms in total. The summed E-state index contributed by atoms with van der Waals surface area (Å²) in [6.45, 7) is 1.31. The molecule has 1 aliphatic heterocycles. The fourth-order valence-electron chi connectivity index (χ4n) is 2.27. The van der Waals surface area contributed by atoms with Gasteiger partial charge in [-0.25, -0.2) is 0 Å². The van der Waals surface area contributed by atoms with Crippen LogP contribution in [0.4, 0.5) is 0 Å². The highest BCUT2D eigenvalue weighted by Crippen LogP contribution is 2.13. The van der Waals surface area contributed by atoms with Gasteiger partial charge in [-0.1, -0.05) is 30.3 Å². The van der Waals surface area contributed by atoms with E-state index in [2.05, 4.69) is 12.1 Å². The van der Waals surface area contributed by atoms with Gasteiger partial charge in [-0.15, -0.1) is 0 Å². The average Bonchev–Trinajstić information content (AvgIpc) is 2.44. The Morgan fingerprint density at radius 2 is 2.16 bits per heavy atom. The molecule has 0 bridgehead atoms. The second-order valence-corrected chi connectivity index (χ2v) is 6.03. The van der Waals surface area contributed by atoms with Crippen LogP contribution < -0.4 is 0 Å². The van der Waals surface area contributed by atoms with Gasteiger partial charge < -0.3 is 10.0 Å². The fraction of sp³-hybridized carbons (Fsp3) is 0.533. The van der Waals surface area contributed by atoms with Gasteiger partial charge in [0.05, 0.1) is 11.9 Å². The van der Waals surface area contributed by atoms with E-state index in [9.17, 15) is 9.90 Å². The van der Waals surface area contributed by atoms with Crippen molar-refractivity contribution in [1.82, 2.24) is 4.90 Å². The zero-order valence-electron chi connectivity index (χ0n) is 11.1. The van der Waals surface area contributed by atoms with Crippen molar-refractivity contribution < 1.29 is 9.90 Å². The van der Waals surface area contributed by atoms with Crippen molar-refractivity contribution in [2.45, 2.75) is 25.4 Å². The molecule has 19 heavy (non-hydrogen) atoms. The van der Waals surface area contributed by atoms with Gasteiger partial charge in [-0.2, -0.15) is 11.8 Å². The molecule has 1 heterocycles. The topological polar surface area (TPSA) is 40.5 Å². The minimum absolute atomic E-state index is 0.164. The third kappa shape index (κ3) is 4.88. The average molecular weight is 279 g/mol. The van der Waals surface area contributed by atoms with Crippen molar-refractivity contribution >= 4 is 17.7 Å². The number of β-amino-alcohol motifs (C(OH)–C–C–N with tert-alkyl or cyclic N) is 1. The number of amides is 1. The minimum atomic E-state index is -0.327. The van der Waals surface area contributed by atoms with Crippen LogP contribution >= 0.6 is 11.8 Å². The van der Waals surface area contributed by atoms with Gasteiger partial charge in [0.25, 0.3) is 0 Å². The highest BCUT2D eigenvalue weighted by molar-refractivity contribution is 7.99. The number of thioether (sulfide) groups is 1. The Bertz CT molecular complexity index is 396. The van der Waals surface area contributed by atoms with Gasteiger partial charge >= 0.3 is 0 Å². The van der Waals surface area contributed by atoms with Crippen LogP contribution in [0.25, 0.3) is 0 Å². The number of aliphatic hydroxyl groups excluding tert-OH is 1. The van der Waals surface area contributed by atoms with Crippen molar-refractivity contribution in [3.8, 4) is 0 Å². The number of carbonyl (C=O) groups excluding carboxylic acids is 1. The molecule has 1 aliphatic rings. The molecule has 0 unspecified atom stereocenters. The number of benzene rings is 1. The smallest absolute Gasteiger partial charge is 0.232 e. The first-order valence-electron chi connectivity index (χ1n) is 6.83. The molecule has 4 heteroatoms. The Balaban J connectivity index is 1.64. The number of nitrogens with zero attached hydrogens (tertiary/aromatic N) is 1. The highest BCUT2D eigenvalue weighted by Gasteiger charge is 2.21. The SMILES string of the molecule is O=C(CSCCc1ccccc1)N1CCC[C@H](O)C1. The molecule has 104 valence electrons. The van der Waals surface area contributed by atoms with E-state index in [1.165, 1.54) is 5.56 Å². The van der Waals surface area contributed by atoms with Gasteiger partial charge in [0.15, 0.2) is 0 Å². The molecular formula is C15H21NO2S. The number of aliphatic hydroxyl groups is 1. The molecule has 0 spiro atoms. The van der Waals surface area contributed by atoms with Gasteiger partial charge in [-0.05, 0) is 30.6 Å². The molecule has 1 fully saturated rings. The van der Waals surface area contributed by atoms with E-state index < -0.39 is 0 Å². The third-order valence-electron chi connectivity index (χ3n) is 3.35. The number of hydrogen-bond acceptors (Lipinski definition) is 3. The maximum absolute atomic E-state index is 11.9. The summed E-state index contributed by atoms with van der Waals surface area (Å²) in [6, 6.07) is 10.3. The summed E-state index contributed by atoms with van der Waals surface area (Å²) in [7, 11) is 0. The Morgan fingerprint density at radius 3 is 2.89 bits per heavy atom. The molecule has 1 aromatic carbocycles. The van der Waals surface area contributed by atoms with Gasteiger partial charge in [0.1, 0.15) is 0 Å². The van der Waals surface area contributed by atoms with Crippen molar-refractivity contribution in [2.24, 2.45) is 0 Å². The molecular weight excluding hydrogens is 258 g/mol. The molecule has 1 amide bonds. The predicted octanol–water partition coefficient (Wildman–Crippen LogP) is 1.95. The van der Waals surface area contributed by atoms with E-state index in [1.807, 2.05) is 18.2 Å².